The molecule has 1 aromatic rings. The van der Waals surface area contributed by atoms with Crippen molar-refractivity contribution in [1.29, 1.82) is 0 Å². The fraction of sp³-hybridized carbons (Fsp3) is 0.700. The predicted octanol–water partition coefficient (Wildman–Crippen LogP) is 3.41. The van der Waals surface area contributed by atoms with Crippen molar-refractivity contribution in [3.8, 4) is 0 Å². The van der Waals surface area contributed by atoms with Gasteiger partial charge in [0, 0.05) is 31.9 Å². The number of aromatic nitrogens is 1. The van der Waals surface area contributed by atoms with Crippen molar-refractivity contribution in [3.63, 3.8) is 0 Å². The molecule has 1 atom stereocenters. The highest BCUT2D eigenvalue weighted by Gasteiger charge is 2.47. The summed E-state index contributed by atoms with van der Waals surface area (Å²) >= 11 is 0. The van der Waals surface area contributed by atoms with E-state index in [2.05, 4.69) is 29.0 Å². The molecular weight excluding hydrogens is 298 g/mol. The Morgan fingerprint density at radius 1 is 1.38 bits per heavy atom. The van der Waals surface area contributed by atoms with Crippen LogP contribution in [0.5, 0.6) is 0 Å². The van der Waals surface area contributed by atoms with Crippen molar-refractivity contribution in [2.45, 2.75) is 58.9 Å². The van der Waals surface area contributed by atoms with Crippen LogP contribution in [-0.4, -0.2) is 41.5 Å². The second-order valence-electron chi connectivity index (χ2n) is 8.02. The molecule has 1 unspecified atom stereocenters. The van der Waals surface area contributed by atoms with E-state index in [1.54, 1.807) is 6.20 Å². The normalized spacial score (nSPS) is 23.8. The fourth-order valence-electron chi connectivity index (χ4n) is 4.59. The van der Waals surface area contributed by atoms with Gasteiger partial charge in [-0.25, -0.2) is 0 Å². The summed E-state index contributed by atoms with van der Waals surface area (Å²) in [5, 5.41) is 3.18. The van der Waals surface area contributed by atoms with Gasteiger partial charge < -0.3 is 10.2 Å². The van der Waals surface area contributed by atoms with E-state index in [9.17, 15) is 4.79 Å². The third-order valence-corrected chi connectivity index (χ3v) is 6.15. The van der Waals surface area contributed by atoms with Crippen molar-refractivity contribution in [2.75, 3.05) is 19.6 Å². The standard InChI is InChI=1S/C20H31N3O/c1-15(2)23-13-17(20(14-23)9-5-4-6-10-20)12-22-19(24)18-16(3)8-7-11-21-18/h7-8,11,15,17H,4-6,9-10,12-14H2,1-3H3,(H,22,24). The van der Waals surface area contributed by atoms with Crippen molar-refractivity contribution in [1.82, 2.24) is 15.2 Å². The van der Waals surface area contributed by atoms with E-state index >= 15 is 0 Å². The number of carbonyl (C=O) groups is 1. The van der Waals surface area contributed by atoms with E-state index in [0.29, 0.717) is 23.1 Å². The Labute approximate surface area is 146 Å². The molecule has 1 aliphatic carbocycles. The van der Waals surface area contributed by atoms with Crippen LogP contribution in [0.1, 0.15) is 62.0 Å². The van der Waals surface area contributed by atoms with Gasteiger partial charge in [-0.05, 0) is 56.6 Å². The summed E-state index contributed by atoms with van der Waals surface area (Å²) in [6, 6.07) is 4.41. The number of nitrogens with zero attached hydrogens (tertiary/aromatic N) is 2. The average molecular weight is 329 g/mol. The zero-order valence-corrected chi connectivity index (χ0v) is 15.3. The van der Waals surface area contributed by atoms with Gasteiger partial charge in [0.25, 0.3) is 5.91 Å². The number of nitrogens with one attached hydrogen (secondary N) is 1. The van der Waals surface area contributed by atoms with E-state index in [4.69, 9.17) is 0 Å². The van der Waals surface area contributed by atoms with Gasteiger partial charge in [-0.3, -0.25) is 9.78 Å². The molecule has 24 heavy (non-hydrogen) atoms. The van der Waals surface area contributed by atoms with Gasteiger partial charge in [-0.15, -0.1) is 0 Å². The summed E-state index contributed by atoms with van der Waals surface area (Å²) in [6.07, 6.45) is 8.39. The number of amides is 1. The van der Waals surface area contributed by atoms with Crippen molar-refractivity contribution >= 4 is 5.91 Å². The molecule has 0 bridgehead atoms. The van der Waals surface area contributed by atoms with Gasteiger partial charge in [-0.2, -0.15) is 0 Å². The molecule has 2 aliphatic rings. The predicted molar refractivity (Wildman–Crippen MR) is 97.0 cm³/mol. The van der Waals surface area contributed by atoms with Crippen LogP contribution < -0.4 is 5.32 Å². The van der Waals surface area contributed by atoms with Crippen LogP contribution >= 0.6 is 0 Å². The van der Waals surface area contributed by atoms with E-state index in [1.165, 1.54) is 38.6 Å². The summed E-state index contributed by atoms with van der Waals surface area (Å²) in [5.74, 6) is 0.537. The smallest absolute Gasteiger partial charge is 0.270 e. The number of aryl methyl sites for hydroxylation is 1. The van der Waals surface area contributed by atoms with Gasteiger partial charge >= 0.3 is 0 Å². The first-order chi connectivity index (χ1) is 11.5. The summed E-state index contributed by atoms with van der Waals surface area (Å²) in [7, 11) is 0. The maximum atomic E-state index is 12.5. The molecule has 0 aromatic carbocycles. The van der Waals surface area contributed by atoms with Gasteiger partial charge in [0.2, 0.25) is 0 Å². The average Bonchev–Trinajstić information content (AvgIpc) is 2.92. The van der Waals surface area contributed by atoms with Gasteiger partial charge in [0.05, 0.1) is 0 Å². The lowest BCUT2D eigenvalue weighted by Crippen LogP contribution is -2.40. The van der Waals surface area contributed by atoms with E-state index in [0.717, 1.165) is 18.7 Å². The molecule has 1 N–H and O–H groups in total. The molecule has 1 saturated heterocycles. The molecule has 2 heterocycles. The lowest BCUT2D eigenvalue weighted by atomic mass is 9.67. The largest absolute Gasteiger partial charge is 0.350 e. The third kappa shape index (κ3) is 3.49. The Balaban J connectivity index is 1.68. The second kappa shape index (κ2) is 7.22. The fourth-order valence-corrected chi connectivity index (χ4v) is 4.59. The number of carbonyl (C=O) groups excluding carboxylic acids is 1. The maximum absolute atomic E-state index is 12.5. The first-order valence-corrected chi connectivity index (χ1v) is 9.46. The highest BCUT2D eigenvalue weighted by Crippen LogP contribution is 2.47. The highest BCUT2D eigenvalue weighted by molar-refractivity contribution is 5.93. The Kier molecular flexibility index (Phi) is 5.24. The van der Waals surface area contributed by atoms with Crippen molar-refractivity contribution in [3.05, 3.63) is 29.6 Å². The topological polar surface area (TPSA) is 45.2 Å². The molecule has 4 nitrogen and oxygen atoms in total. The van der Waals surface area contributed by atoms with E-state index < -0.39 is 0 Å². The zero-order valence-electron chi connectivity index (χ0n) is 15.3. The molecule has 4 heteroatoms. The molecule has 132 valence electrons. The molecule has 1 spiro atoms. The summed E-state index contributed by atoms with van der Waals surface area (Å²) < 4.78 is 0. The van der Waals surface area contributed by atoms with Crippen LogP contribution in [0.15, 0.2) is 18.3 Å². The minimum atomic E-state index is -0.0259. The van der Waals surface area contributed by atoms with Crippen molar-refractivity contribution in [2.24, 2.45) is 11.3 Å². The molecule has 0 radical (unpaired) electrons. The number of hydrogen-bond acceptors (Lipinski definition) is 3. The molecule has 1 aromatic heterocycles. The third-order valence-electron chi connectivity index (χ3n) is 6.15. The zero-order chi connectivity index (χ0) is 17.2. The van der Waals surface area contributed by atoms with Crippen molar-refractivity contribution < 1.29 is 4.79 Å². The van der Waals surface area contributed by atoms with Crippen LogP contribution in [0.4, 0.5) is 0 Å². The van der Waals surface area contributed by atoms with Crippen LogP contribution in [0.2, 0.25) is 0 Å². The van der Waals surface area contributed by atoms with Crippen LogP contribution in [0, 0.1) is 18.3 Å². The monoisotopic (exact) mass is 329 g/mol. The number of rotatable bonds is 4. The van der Waals surface area contributed by atoms with Crippen LogP contribution in [-0.2, 0) is 0 Å². The van der Waals surface area contributed by atoms with E-state index in [-0.39, 0.29) is 5.91 Å². The first-order valence-electron chi connectivity index (χ1n) is 9.46. The van der Waals surface area contributed by atoms with E-state index in [1.807, 2.05) is 19.1 Å². The molecular formula is C20H31N3O. The molecule has 3 rings (SSSR count). The first kappa shape index (κ1) is 17.4. The Bertz CT molecular complexity index is 578. The number of likely N-dealkylation sites (tertiary alicyclic amines) is 1. The van der Waals surface area contributed by atoms with Crippen LogP contribution in [0.3, 0.4) is 0 Å². The summed E-state index contributed by atoms with van der Waals surface area (Å²) in [5.41, 5.74) is 1.92. The lowest BCUT2D eigenvalue weighted by molar-refractivity contribution is 0.0910. The quantitative estimate of drug-likeness (QED) is 0.921. The Morgan fingerprint density at radius 2 is 2.12 bits per heavy atom. The Hall–Kier alpha value is -1.42. The second-order valence-corrected chi connectivity index (χ2v) is 8.02. The molecule has 1 saturated carbocycles. The maximum Gasteiger partial charge on any atom is 0.270 e. The van der Waals surface area contributed by atoms with Gasteiger partial charge in [0.15, 0.2) is 0 Å². The van der Waals surface area contributed by atoms with Crippen LogP contribution in [0.25, 0.3) is 0 Å². The number of hydrogen-bond donors (Lipinski definition) is 1. The minimum Gasteiger partial charge on any atom is -0.350 e. The van der Waals surface area contributed by atoms with Gasteiger partial charge in [0.1, 0.15) is 5.69 Å². The van der Waals surface area contributed by atoms with Gasteiger partial charge in [-0.1, -0.05) is 25.3 Å². The molecule has 1 aliphatic heterocycles. The lowest BCUT2D eigenvalue weighted by Gasteiger charge is -2.38. The molecule has 2 fully saturated rings. The minimum absolute atomic E-state index is 0.0259. The number of pyridine rings is 1. The SMILES string of the molecule is Cc1cccnc1C(=O)NCC1CN(C(C)C)CC12CCCCC2. The molecule has 1 amide bonds. The Morgan fingerprint density at radius 3 is 2.79 bits per heavy atom. The summed E-state index contributed by atoms with van der Waals surface area (Å²) in [4.78, 5) is 19.4. The summed E-state index contributed by atoms with van der Waals surface area (Å²) in [6.45, 7) is 9.61. The highest BCUT2D eigenvalue weighted by atomic mass is 16.1.